The van der Waals surface area contributed by atoms with Crippen LogP contribution in [0.1, 0.15) is 37.4 Å². The summed E-state index contributed by atoms with van der Waals surface area (Å²) in [4.78, 5) is 26.9. The minimum absolute atomic E-state index is 0.0326. The number of esters is 1. The lowest BCUT2D eigenvalue weighted by atomic mass is 10.1. The van der Waals surface area contributed by atoms with Gasteiger partial charge in [0.05, 0.1) is 30.1 Å². The highest BCUT2D eigenvalue weighted by molar-refractivity contribution is 7.98. The van der Waals surface area contributed by atoms with Gasteiger partial charge in [0, 0.05) is 34.8 Å². The molecule has 0 aliphatic carbocycles. The quantitative estimate of drug-likeness (QED) is 0.168. The van der Waals surface area contributed by atoms with Gasteiger partial charge in [-0.05, 0) is 38.3 Å². The van der Waals surface area contributed by atoms with Crippen LogP contribution >= 0.6 is 34.7 Å². The van der Waals surface area contributed by atoms with Crippen LogP contribution in [0.2, 0.25) is 5.02 Å². The van der Waals surface area contributed by atoms with Gasteiger partial charge in [-0.2, -0.15) is 5.26 Å². The predicted octanol–water partition coefficient (Wildman–Crippen LogP) is 6.51. The van der Waals surface area contributed by atoms with E-state index in [0.29, 0.717) is 27.1 Å². The van der Waals surface area contributed by atoms with Crippen LogP contribution in [0.4, 0.5) is 11.4 Å². The SMILES string of the molecule is [C-]#[N+]c1c(OCC(=O)OCC)nc(SCc2csc(-c3ccc(Cl)cc3)n2)c(C#N)c1N1CCCCC1. The number of aromatic nitrogens is 2. The summed E-state index contributed by atoms with van der Waals surface area (Å²) in [6.45, 7) is 10.9. The molecule has 0 radical (unpaired) electrons. The van der Waals surface area contributed by atoms with Crippen LogP contribution < -0.4 is 9.64 Å². The number of rotatable bonds is 9. The van der Waals surface area contributed by atoms with Crippen LogP contribution in [0.3, 0.4) is 0 Å². The number of ether oxygens (including phenoxy) is 2. The molecule has 8 nitrogen and oxygen atoms in total. The summed E-state index contributed by atoms with van der Waals surface area (Å²) in [6, 6.07) is 9.78. The molecule has 0 N–H and O–H groups in total. The van der Waals surface area contributed by atoms with Crippen LogP contribution in [-0.2, 0) is 15.3 Å². The van der Waals surface area contributed by atoms with Crippen LogP contribution in [-0.4, -0.2) is 42.2 Å². The maximum Gasteiger partial charge on any atom is 0.344 e. The molecule has 1 fully saturated rings. The molecule has 2 aromatic heterocycles. The van der Waals surface area contributed by atoms with E-state index in [0.717, 1.165) is 48.6 Å². The number of benzene rings is 1. The van der Waals surface area contributed by atoms with E-state index in [1.807, 2.05) is 29.6 Å². The largest absolute Gasteiger partial charge is 0.474 e. The van der Waals surface area contributed by atoms with Crippen LogP contribution in [0.5, 0.6) is 5.88 Å². The highest BCUT2D eigenvalue weighted by Gasteiger charge is 2.27. The number of nitrogens with zero attached hydrogens (tertiary/aromatic N) is 5. The van der Waals surface area contributed by atoms with Crippen LogP contribution in [0.25, 0.3) is 15.4 Å². The zero-order chi connectivity index (χ0) is 26.2. The molecule has 3 aromatic rings. The molecule has 3 heterocycles. The van der Waals surface area contributed by atoms with Gasteiger partial charge in [0.25, 0.3) is 5.69 Å². The number of hydrogen-bond acceptors (Lipinski definition) is 9. The third-order valence-electron chi connectivity index (χ3n) is 5.61. The number of nitriles is 1. The average Bonchev–Trinajstić information content (AvgIpc) is 3.40. The molecular formula is C26H24ClN5O3S2. The number of piperidine rings is 1. The van der Waals surface area contributed by atoms with E-state index >= 15 is 0 Å². The molecule has 190 valence electrons. The molecule has 0 unspecified atom stereocenters. The predicted molar refractivity (Wildman–Crippen MR) is 146 cm³/mol. The number of thiazole rings is 1. The molecule has 1 aliphatic heterocycles. The van der Waals surface area contributed by atoms with Crippen molar-refractivity contribution in [2.24, 2.45) is 0 Å². The molecule has 37 heavy (non-hydrogen) atoms. The summed E-state index contributed by atoms with van der Waals surface area (Å²) in [5, 5.41) is 14.1. The van der Waals surface area contributed by atoms with Crippen molar-refractivity contribution in [3.8, 4) is 22.5 Å². The van der Waals surface area contributed by atoms with Gasteiger partial charge in [0.1, 0.15) is 16.1 Å². The van der Waals surface area contributed by atoms with Gasteiger partial charge in [-0.1, -0.05) is 35.5 Å². The van der Waals surface area contributed by atoms with Crippen molar-refractivity contribution in [3.63, 3.8) is 0 Å². The molecule has 1 aliphatic rings. The monoisotopic (exact) mass is 553 g/mol. The highest BCUT2D eigenvalue weighted by atomic mass is 35.5. The first-order valence-electron chi connectivity index (χ1n) is 11.8. The maximum atomic E-state index is 11.9. The zero-order valence-electron chi connectivity index (χ0n) is 20.2. The minimum atomic E-state index is -0.546. The Bertz CT molecular complexity index is 1340. The van der Waals surface area contributed by atoms with E-state index in [2.05, 4.69) is 20.8 Å². The Kier molecular flexibility index (Phi) is 9.24. The van der Waals surface area contributed by atoms with Crippen molar-refractivity contribution in [2.45, 2.75) is 37.0 Å². The minimum Gasteiger partial charge on any atom is -0.474 e. The Hall–Kier alpha value is -3.31. The Morgan fingerprint density at radius 1 is 1.27 bits per heavy atom. The summed E-state index contributed by atoms with van der Waals surface area (Å²) in [5.74, 6) is -0.0411. The molecule has 1 aromatic carbocycles. The molecule has 4 rings (SSSR count). The lowest BCUT2D eigenvalue weighted by Crippen LogP contribution is -2.30. The van der Waals surface area contributed by atoms with E-state index in [9.17, 15) is 10.1 Å². The van der Waals surface area contributed by atoms with Crippen molar-refractivity contribution in [3.05, 3.63) is 57.3 Å². The van der Waals surface area contributed by atoms with E-state index < -0.39 is 5.97 Å². The van der Waals surface area contributed by atoms with Crippen molar-refractivity contribution >= 4 is 52.0 Å². The van der Waals surface area contributed by atoms with E-state index in [1.165, 1.54) is 23.1 Å². The third kappa shape index (κ3) is 6.53. The number of carbonyl (C=O) groups is 1. The maximum absolute atomic E-state index is 11.9. The Balaban J connectivity index is 1.65. The number of thioether (sulfide) groups is 1. The smallest absolute Gasteiger partial charge is 0.344 e. The standard InChI is InChI=1S/C26H24ClN5O3S2/c1-3-34-21(33)14-35-24-22(29-2)23(32-11-5-4-6-12-32)20(13-28)26(31-24)37-16-19-15-36-25(30-19)17-7-9-18(27)10-8-17/h7-10,15H,3-6,11-12,14,16H2,1H3. The fourth-order valence-electron chi connectivity index (χ4n) is 3.92. The number of anilines is 1. The normalized spacial score (nSPS) is 13.0. The Labute approximate surface area is 229 Å². The van der Waals surface area contributed by atoms with Crippen molar-refractivity contribution in [2.75, 3.05) is 31.2 Å². The van der Waals surface area contributed by atoms with Crippen molar-refractivity contribution < 1.29 is 14.3 Å². The van der Waals surface area contributed by atoms with Gasteiger partial charge in [-0.3, -0.25) is 0 Å². The van der Waals surface area contributed by atoms with Gasteiger partial charge in [-0.15, -0.1) is 11.3 Å². The van der Waals surface area contributed by atoms with E-state index in [4.69, 9.17) is 32.6 Å². The fraction of sp³-hybridized carbons (Fsp3) is 0.346. The van der Waals surface area contributed by atoms with E-state index in [-0.39, 0.29) is 24.8 Å². The lowest BCUT2D eigenvalue weighted by molar-refractivity contribution is -0.145. The summed E-state index contributed by atoms with van der Waals surface area (Å²) < 4.78 is 10.6. The molecule has 0 atom stereocenters. The van der Waals surface area contributed by atoms with E-state index in [1.54, 1.807) is 6.92 Å². The van der Waals surface area contributed by atoms with Gasteiger partial charge in [0.2, 0.25) is 5.88 Å². The van der Waals surface area contributed by atoms with Crippen LogP contribution in [0, 0.1) is 17.9 Å². The highest BCUT2D eigenvalue weighted by Crippen LogP contribution is 2.44. The summed E-state index contributed by atoms with van der Waals surface area (Å²) >= 11 is 8.88. The Morgan fingerprint density at radius 3 is 2.70 bits per heavy atom. The summed E-state index contributed by atoms with van der Waals surface area (Å²) in [6.07, 6.45) is 3.04. The number of carbonyl (C=O) groups excluding carboxylic acids is 1. The van der Waals surface area contributed by atoms with Gasteiger partial charge >= 0.3 is 5.97 Å². The Morgan fingerprint density at radius 2 is 2.03 bits per heavy atom. The number of hydrogen-bond donors (Lipinski definition) is 0. The second-order valence-electron chi connectivity index (χ2n) is 8.10. The summed E-state index contributed by atoms with van der Waals surface area (Å²) in [7, 11) is 0. The molecule has 0 saturated carbocycles. The molecule has 1 saturated heterocycles. The topological polar surface area (TPSA) is 92.7 Å². The van der Waals surface area contributed by atoms with Crippen molar-refractivity contribution in [1.29, 1.82) is 5.26 Å². The lowest BCUT2D eigenvalue weighted by Gasteiger charge is -2.31. The van der Waals surface area contributed by atoms with Gasteiger partial charge in [-0.25, -0.2) is 19.6 Å². The zero-order valence-corrected chi connectivity index (χ0v) is 22.6. The van der Waals surface area contributed by atoms with Gasteiger partial charge < -0.3 is 14.4 Å². The molecular weight excluding hydrogens is 530 g/mol. The second kappa shape index (κ2) is 12.8. The first kappa shape index (κ1) is 26.7. The second-order valence-corrected chi connectivity index (χ2v) is 10.4. The molecule has 0 amide bonds. The van der Waals surface area contributed by atoms with Gasteiger partial charge in [0.15, 0.2) is 6.61 Å². The number of pyridine rings is 1. The first-order chi connectivity index (χ1) is 18.0. The summed E-state index contributed by atoms with van der Waals surface area (Å²) in [5.41, 5.74) is 2.83. The number of halogens is 1. The fourth-order valence-corrected chi connectivity index (χ4v) is 5.85. The molecule has 0 spiro atoms. The van der Waals surface area contributed by atoms with Crippen molar-refractivity contribution in [1.82, 2.24) is 9.97 Å². The molecule has 11 heteroatoms. The molecule has 0 bridgehead atoms. The first-order valence-corrected chi connectivity index (χ1v) is 14.0. The average molecular weight is 554 g/mol. The third-order valence-corrected chi connectivity index (χ3v) is 7.81. The van der Waals surface area contributed by atoms with Crippen LogP contribution in [0.15, 0.2) is 34.7 Å².